The molecule has 0 aliphatic heterocycles. The lowest BCUT2D eigenvalue weighted by molar-refractivity contribution is 0.598. The number of anilines is 1. The molecule has 1 aromatic rings. The number of rotatable bonds is 3. The van der Waals surface area contributed by atoms with Crippen molar-refractivity contribution in [2.45, 2.75) is 26.8 Å². The molecule has 0 radical (unpaired) electrons. The molecule has 0 aromatic heterocycles. The third kappa shape index (κ3) is 2.35. The maximum absolute atomic E-state index is 14.0. The first-order valence-corrected chi connectivity index (χ1v) is 5.97. The SMILES string of the molecule is CCN(c1ccc(C#N)c(Br)c1F)C(C)C. The van der Waals surface area contributed by atoms with Gasteiger partial charge in [0.2, 0.25) is 0 Å². The number of hydrogen-bond acceptors (Lipinski definition) is 2. The summed E-state index contributed by atoms with van der Waals surface area (Å²) in [6, 6.07) is 5.45. The first-order valence-electron chi connectivity index (χ1n) is 5.17. The molecule has 0 saturated carbocycles. The number of benzene rings is 1. The van der Waals surface area contributed by atoms with E-state index in [-0.39, 0.29) is 16.3 Å². The van der Waals surface area contributed by atoms with Crippen molar-refractivity contribution in [2.24, 2.45) is 0 Å². The maximum Gasteiger partial charge on any atom is 0.161 e. The summed E-state index contributed by atoms with van der Waals surface area (Å²) in [4.78, 5) is 1.95. The van der Waals surface area contributed by atoms with Crippen LogP contribution in [0.25, 0.3) is 0 Å². The van der Waals surface area contributed by atoms with Crippen molar-refractivity contribution >= 4 is 21.6 Å². The van der Waals surface area contributed by atoms with E-state index in [1.165, 1.54) is 0 Å². The lowest BCUT2D eigenvalue weighted by Gasteiger charge is -2.28. The topological polar surface area (TPSA) is 27.0 Å². The first-order chi connectivity index (χ1) is 7.52. The van der Waals surface area contributed by atoms with Crippen LogP contribution in [0.2, 0.25) is 0 Å². The van der Waals surface area contributed by atoms with Crippen LogP contribution in [0.1, 0.15) is 26.3 Å². The van der Waals surface area contributed by atoms with E-state index >= 15 is 0 Å². The number of nitrogens with zero attached hydrogens (tertiary/aromatic N) is 2. The van der Waals surface area contributed by atoms with Crippen LogP contribution in [-0.4, -0.2) is 12.6 Å². The molecule has 0 heterocycles. The zero-order chi connectivity index (χ0) is 12.3. The van der Waals surface area contributed by atoms with Gasteiger partial charge in [-0.05, 0) is 48.8 Å². The van der Waals surface area contributed by atoms with E-state index in [4.69, 9.17) is 5.26 Å². The van der Waals surface area contributed by atoms with Crippen LogP contribution < -0.4 is 4.90 Å². The molecule has 0 unspecified atom stereocenters. The molecule has 0 N–H and O–H groups in total. The lowest BCUT2D eigenvalue weighted by atomic mass is 10.1. The zero-order valence-corrected chi connectivity index (χ0v) is 11.2. The number of hydrogen-bond donors (Lipinski definition) is 0. The minimum atomic E-state index is -0.366. The second-order valence-electron chi connectivity index (χ2n) is 3.75. The largest absolute Gasteiger partial charge is 0.367 e. The van der Waals surface area contributed by atoms with Gasteiger partial charge in [-0.1, -0.05) is 0 Å². The molecule has 0 amide bonds. The Kier molecular flexibility index (Phi) is 4.31. The van der Waals surface area contributed by atoms with Gasteiger partial charge < -0.3 is 4.90 Å². The van der Waals surface area contributed by atoms with E-state index in [1.54, 1.807) is 12.1 Å². The molecular formula is C12H14BrFN2. The Morgan fingerprint density at radius 2 is 2.12 bits per heavy atom. The highest BCUT2D eigenvalue weighted by Gasteiger charge is 2.17. The van der Waals surface area contributed by atoms with Crippen LogP contribution >= 0.6 is 15.9 Å². The summed E-state index contributed by atoms with van der Waals surface area (Å²) in [6.07, 6.45) is 0. The summed E-state index contributed by atoms with van der Waals surface area (Å²) in [5.41, 5.74) is 0.851. The molecular weight excluding hydrogens is 271 g/mol. The van der Waals surface area contributed by atoms with Gasteiger partial charge in [0.05, 0.1) is 15.7 Å². The Labute approximate surface area is 104 Å². The second-order valence-corrected chi connectivity index (χ2v) is 4.54. The Hall–Kier alpha value is -1.08. The summed E-state index contributed by atoms with van der Waals surface area (Å²) < 4.78 is 14.2. The number of halogens is 2. The molecule has 0 fully saturated rings. The Morgan fingerprint density at radius 1 is 1.50 bits per heavy atom. The van der Waals surface area contributed by atoms with E-state index < -0.39 is 0 Å². The van der Waals surface area contributed by atoms with Crippen LogP contribution in [0, 0.1) is 17.1 Å². The van der Waals surface area contributed by atoms with Crippen molar-refractivity contribution in [1.29, 1.82) is 5.26 Å². The van der Waals surface area contributed by atoms with E-state index in [2.05, 4.69) is 15.9 Å². The Morgan fingerprint density at radius 3 is 2.56 bits per heavy atom. The van der Waals surface area contributed by atoms with Gasteiger partial charge in [-0.2, -0.15) is 5.26 Å². The Balaban J connectivity index is 3.27. The normalized spacial score (nSPS) is 10.3. The average molecular weight is 285 g/mol. The average Bonchev–Trinajstić information content (AvgIpc) is 2.25. The van der Waals surface area contributed by atoms with Crippen molar-refractivity contribution in [1.82, 2.24) is 0 Å². The molecule has 0 atom stereocenters. The third-order valence-corrected chi connectivity index (χ3v) is 3.23. The summed E-state index contributed by atoms with van der Waals surface area (Å²) in [5.74, 6) is -0.366. The second kappa shape index (κ2) is 5.31. The highest BCUT2D eigenvalue weighted by molar-refractivity contribution is 9.10. The standard InChI is InChI=1S/C12H14BrFN2/c1-4-16(8(2)3)10-6-5-9(7-15)11(13)12(10)14/h5-6,8H,4H2,1-3H3. The summed E-state index contributed by atoms with van der Waals surface area (Å²) in [7, 11) is 0. The molecule has 0 spiro atoms. The van der Waals surface area contributed by atoms with Crippen LogP contribution in [0.3, 0.4) is 0 Å². The summed E-state index contributed by atoms with van der Waals surface area (Å²) >= 11 is 3.11. The fraction of sp³-hybridized carbons (Fsp3) is 0.417. The molecule has 16 heavy (non-hydrogen) atoms. The maximum atomic E-state index is 14.0. The fourth-order valence-electron chi connectivity index (χ4n) is 1.66. The Bertz CT molecular complexity index is 424. The van der Waals surface area contributed by atoms with Crippen molar-refractivity contribution in [3.63, 3.8) is 0 Å². The van der Waals surface area contributed by atoms with Gasteiger partial charge in [-0.25, -0.2) is 4.39 Å². The third-order valence-electron chi connectivity index (χ3n) is 2.46. The van der Waals surface area contributed by atoms with E-state index in [0.29, 0.717) is 11.3 Å². The number of nitriles is 1. The molecule has 0 aliphatic rings. The highest BCUT2D eigenvalue weighted by atomic mass is 79.9. The molecule has 0 saturated heterocycles. The van der Waals surface area contributed by atoms with Crippen LogP contribution in [-0.2, 0) is 0 Å². The molecule has 0 bridgehead atoms. The minimum absolute atomic E-state index is 0.222. The van der Waals surface area contributed by atoms with Crippen molar-refractivity contribution < 1.29 is 4.39 Å². The van der Waals surface area contributed by atoms with Gasteiger partial charge in [-0.15, -0.1) is 0 Å². The van der Waals surface area contributed by atoms with Crippen molar-refractivity contribution in [3.05, 3.63) is 28.0 Å². The molecule has 1 rings (SSSR count). The zero-order valence-electron chi connectivity index (χ0n) is 9.59. The molecule has 86 valence electrons. The first kappa shape index (κ1) is 13.0. The quantitative estimate of drug-likeness (QED) is 0.846. The lowest BCUT2D eigenvalue weighted by Crippen LogP contribution is -2.31. The van der Waals surface area contributed by atoms with E-state index in [9.17, 15) is 4.39 Å². The van der Waals surface area contributed by atoms with Gasteiger partial charge in [0.25, 0.3) is 0 Å². The van der Waals surface area contributed by atoms with Gasteiger partial charge in [0.15, 0.2) is 5.82 Å². The predicted octanol–water partition coefficient (Wildman–Crippen LogP) is 3.69. The van der Waals surface area contributed by atoms with E-state index in [0.717, 1.165) is 6.54 Å². The molecule has 1 aromatic carbocycles. The van der Waals surface area contributed by atoms with Crippen LogP contribution in [0.15, 0.2) is 16.6 Å². The van der Waals surface area contributed by atoms with Gasteiger partial charge >= 0.3 is 0 Å². The summed E-state index contributed by atoms with van der Waals surface area (Å²) in [6.45, 7) is 6.72. The van der Waals surface area contributed by atoms with Gasteiger partial charge in [-0.3, -0.25) is 0 Å². The predicted molar refractivity (Wildman–Crippen MR) is 67.0 cm³/mol. The van der Waals surface area contributed by atoms with Gasteiger partial charge in [0, 0.05) is 12.6 Å². The van der Waals surface area contributed by atoms with Crippen molar-refractivity contribution in [2.75, 3.05) is 11.4 Å². The van der Waals surface area contributed by atoms with E-state index in [1.807, 2.05) is 31.7 Å². The summed E-state index contributed by atoms with van der Waals surface area (Å²) in [5, 5.41) is 8.78. The minimum Gasteiger partial charge on any atom is -0.367 e. The molecule has 0 aliphatic carbocycles. The van der Waals surface area contributed by atoms with Gasteiger partial charge in [0.1, 0.15) is 6.07 Å². The molecule has 2 nitrogen and oxygen atoms in total. The highest BCUT2D eigenvalue weighted by Crippen LogP contribution is 2.29. The van der Waals surface area contributed by atoms with Crippen LogP contribution in [0.4, 0.5) is 10.1 Å². The monoisotopic (exact) mass is 284 g/mol. The molecule has 4 heteroatoms. The van der Waals surface area contributed by atoms with Crippen LogP contribution in [0.5, 0.6) is 0 Å². The smallest absolute Gasteiger partial charge is 0.161 e. The van der Waals surface area contributed by atoms with Crippen molar-refractivity contribution in [3.8, 4) is 6.07 Å². The fourth-order valence-corrected chi connectivity index (χ4v) is 2.09.